The molecule has 0 spiro atoms. The van der Waals surface area contributed by atoms with Crippen LogP contribution in [0.2, 0.25) is 5.02 Å². The fourth-order valence-corrected chi connectivity index (χ4v) is 5.44. The van der Waals surface area contributed by atoms with Gasteiger partial charge in [0, 0.05) is 24.0 Å². The van der Waals surface area contributed by atoms with Crippen molar-refractivity contribution in [3.8, 4) is 0 Å². The van der Waals surface area contributed by atoms with Gasteiger partial charge in [-0.25, -0.2) is 5.01 Å². The Morgan fingerprint density at radius 3 is 2.37 bits per heavy atom. The van der Waals surface area contributed by atoms with E-state index in [1.165, 1.54) is 16.1 Å². The maximum atomic E-state index is 12.7. The lowest BCUT2D eigenvalue weighted by atomic mass is 9.91. The second-order valence-electron chi connectivity index (χ2n) is 6.68. The molecule has 0 aliphatic carbocycles. The van der Waals surface area contributed by atoms with Crippen LogP contribution in [0, 0.1) is 0 Å². The van der Waals surface area contributed by atoms with Gasteiger partial charge < -0.3 is 0 Å². The topological polar surface area (TPSA) is 65.3 Å². The smallest absolute Gasteiger partial charge is 0.240 e. The van der Waals surface area contributed by atoms with Gasteiger partial charge in [0.2, 0.25) is 0 Å². The standard InChI is InChI=1S/C21H25ClN4O2S2/c1-4-25(5-2)30(27,28)24-21(29-3)26-15-19(16-9-7-6-8-10-16)20(23-26)17-11-13-18(22)14-12-17/h6-14,19H,4-5,15H2,1-3H3/b24-21-. The molecule has 1 aliphatic rings. The number of amidine groups is 1. The summed E-state index contributed by atoms with van der Waals surface area (Å²) in [5, 5.41) is 7.48. The van der Waals surface area contributed by atoms with E-state index in [9.17, 15) is 8.42 Å². The zero-order chi connectivity index (χ0) is 21.7. The lowest BCUT2D eigenvalue weighted by Crippen LogP contribution is -2.32. The Kier molecular flexibility index (Phi) is 7.57. The number of halogens is 1. The van der Waals surface area contributed by atoms with E-state index in [1.54, 1.807) is 18.9 Å². The first-order valence-electron chi connectivity index (χ1n) is 9.70. The van der Waals surface area contributed by atoms with E-state index in [4.69, 9.17) is 16.7 Å². The third-order valence-electron chi connectivity index (χ3n) is 4.88. The molecule has 160 valence electrons. The molecule has 1 heterocycles. The van der Waals surface area contributed by atoms with Crippen molar-refractivity contribution in [2.45, 2.75) is 19.8 Å². The van der Waals surface area contributed by atoms with Crippen LogP contribution in [0.4, 0.5) is 0 Å². The van der Waals surface area contributed by atoms with E-state index in [2.05, 4.69) is 16.5 Å². The minimum absolute atomic E-state index is 0.0131. The van der Waals surface area contributed by atoms with Crippen LogP contribution in [0.25, 0.3) is 0 Å². The summed E-state index contributed by atoms with van der Waals surface area (Å²) >= 11 is 7.33. The second-order valence-corrected chi connectivity index (χ2v) is 9.48. The SMILES string of the molecule is CCN(CC)S(=O)(=O)/N=C(\SC)N1CC(c2ccccc2)C(c2ccc(Cl)cc2)=N1. The molecule has 2 aromatic carbocycles. The summed E-state index contributed by atoms with van der Waals surface area (Å²) < 4.78 is 30.8. The fraction of sp³-hybridized carbons (Fsp3) is 0.333. The quantitative estimate of drug-likeness (QED) is 0.468. The van der Waals surface area contributed by atoms with E-state index in [0.29, 0.717) is 29.8 Å². The molecule has 1 atom stereocenters. The van der Waals surface area contributed by atoms with Crippen LogP contribution in [0.5, 0.6) is 0 Å². The van der Waals surface area contributed by atoms with Crippen molar-refractivity contribution in [2.75, 3.05) is 25.9 Å². The van der Waals surface area contributed by atoms with Crippen LogP contribution in [0.15, 0.2) is 64.1 Å². The number of nitrogens with zero attached hydrogens (tertiary/aromatic N) is 4. The zero-order valence-electron chi connectivity index (χ0n) is 17.2. The van der Waals surface area contributed by atoms with Crippen LogP contribution in [-0.4, -0.2) is 54.5 Å². The van der Waals surface area contributed by atoms with E-state index in [-0.39, 0.29) is 5.92 Å². The van der Waals surface area contributed by atoms with Crippen molar-refractivity contribution in [3.05, 3.63) is 70.7 Å². The van der Waals surface area contributed by atoms with Gasteiger partial charge in [-0.15, -0.1) is 4.40 Å². The van der Waals surface area contributed by atoms with Crippen LogP contribution < -0.4 is 0 Å². The van der Waals surface area contributed by atoms with Crippen molar-refractivity contribution in [1.82, 2.24) is 9.31 Å². The number of hydrazone groups is 1. The predicted molar refractivity (Wildman–Crippen MR) is 127 cm³/mol. The molecule has 0 aromatic heterocycles. The Morgan fingerprint density at radius 1 is 1.17 bits per heavy atom. The van der Waals surface area contributed by atoms with Gasteiger partial charge in [0.05, 0.1) is 12.3 Å². The Hall–Kier alpha value is -1.87. The molecule has 3 rings (SSSR count). The lowest BCUT2D eigenvalue weighted by Gasteiger charge is -2.19. The summed E-state index contributed by atoms with van der Waals surface area (Å²) in [6.45, 7) is 4.85. The first-order chi connectivity index (χ1) is 14.4. The summed E-state index contributed by atoms with van der Waals surface area (Å²) in [5.74, 6) is -0.0131. The van der Waals surface area contributed by atoms with E-state index in [1.807, 2.05) is 48.7 Å². The van der Waals surface area contributed by atoms with Crippen LogP contribution >= 0.6 is 23.4 Å². The largest absolute Gasteiger partial charge is 0.324 e. The third-order valence-corrected chi connectivity index (χ3v) is 7.49. The minimum atomic E-state index is -3.77. The zero-order valence-corrected chi connectivity index (χ0v) is 19.6. The molecular formula is C21H25ClN4O2S2. The molecule has 1 unspecified atom stereocenters. The average molecular weight is 465 g/mol. The molecule has 6 nitrogen and oxygen atoms in total. The number of benzene rings is 2. The Morgan fingerprint density at radius 2 is 1.80 bits per heavy atom. The van der Waals surface area contributed by atoms with Crippen molar-refractivity contribution in [1.29, 1.82) is 0 Å². The predicted octanol–water partition coefficient (Wildman–Crippen LogP) is 4.45. The molecule has 0 N–H and O–H groups in total. The molecule has 0 saturated carbocycles. The van der Waals surface area contributed by atoms with E-state index < -0.39 is 10.2 Å². The molecule has 9 heteroatoms. The van der Waals surface area contributed by atoms with E-state index in [0.717, 1.165) is 16.8 Å². The number of hydrogen-bond acceptors (Lipinski definition) is 4. The molecule has 0 radical (unpaired) electrons. The number of rotatable bonds is 6. The third kappa shape index (κ3) is 5.06. The van der Waals surface area contributed by atoms with Crippen molar-refractivity contribution in [2.24, 2.45) is 9.50 Å². The monoisotopic (exact) mass is 464 g/mol. The Balaban J connectivity index is 2.02. The molecular weight excluding hydrogens is 440 g/mol. The molecule has 2 aromatic rings. The molecule has 0 bridgehead atoms. The maximum Gasteiger partial charge on any atom is 0.324 e. The van der Waals surface area contributed by atoms with Gasteiger partial charge in [-0.1, -0.05) is 79.7 Å². The van der Waals surface area contributed by atoms with Gasteiger partial charge in [-0.2, -0.15) is 17.8 Å². The number of thioether (sulfide) groups is 1. The number of hydrogen-bond donors (Lipinski definition) is 0. The van der Waals surface area contributed by atoms with Crippen LogP contribution in [0.3, 0.4) is 0 Å². The summed E-state index contributed by atoms with van der Waals surface area (Å²) in [5.41, 5.74) is 2.92. The van der Waals surface area contributed by atoms with Gasteiger partial charge in [0.1, 0.15) is 0 Å². The van der Waals surface area contributed by atoms with E-state index >= 15 is 0 Å². The first-order valence-corrected chi connectivity index (χ1v) is 12.7. The first kappa shape index (κ1) is 22.8. The average Bonchev–Trinajstić information content (AvgIpc) is 3.19. The summed E-state index contributed by atoms with van der Waals surface area (Å²) in [6.07, 6.45) is 1.81. The van der Waals surface area contributed by atoms with Crippen molar-refractivity contribution in [3.63, 3.8) is 0 Å². The molecule has 1 aliphatic heterocycles. The highest BCUT2D eigenvalue weighted by Gasteiger charge is 2.32. The van der Waals surface area contributed by atoms with Gasteiger partial charge in [-0.3, -0.25) is 0 Å². The van der Waals surface area contributed by atoms with Crippen LogP contribution in [-0.2, 0) is 10.2 Å². The molecule has 30 heavy (non-hydrogen) atoms. The minimum Gasteiger partial charge on any atom is -0.240 e. The second kappa shape index (κ2) is 9.96. The summed E-state index contributed by atoms with van der Waals surface area (Å²) in [7, 11) is -3.77. The highest BCUT2D eigenvalue weighted by molar-refractivity contribution is 8.13. The van der Waals surface area contributed by atoms with Crippen molar-refractivity contribution >= 4 is 44.5 Å². The molecule has 0 saturated heterocycles. The summed E-state index contributed by atoms with van der Waals surface area (Å²) in [6, 6.07) is 17.6. The van der Waals surface area contributed by atoms with Gasteiger partial charge in [0.25, 0.3) is 0 Å². The maximum absolute atomic E-state index is 12.7. The summed E-state index contributed by atoms with van der Waals surface area (Å²) in [4.78, 5) is 0. The lowest BCUT2D eigenvalue weighted by molar-refractivity contribution is 0.443. The normalized spacial score (nSPS) is 17.5. The fourth-order valence-electron chi connectivity index (χ4n) is 3.35. The van der Waals surface area contributed by atoms with Crippen LogP contribution in [0.1, 0.15) is 30.9 Å². The molecule has 0 amide bonds. The van der Waals surface area contributed by atoms with Gasteiger partial charge >= 0.3 is 10.2 Å². The highest BCUT2D eigenvalue weighted by atomic mass is 35.5. The van der Waals surface area contributed by atoms with Crippen molar-refractivity contribution < 1.29 is 8.42 Å². The van der Waals surface area contributed by atoms with Gasteiger partial charge in [0.15, 0.2) is 5.17 Å². The Labute approximate surface area is 187 Å². The Bertz CT molecular complexity index is 1020. The highest BCUT2D eigenvalue weighted by Crippen LogP contribution is 2.31. The molecule has 0 fully saturated rings. The van der Waals surface area contributed by atoms with Gasteiger partial charge in [-0.05, 0) is 29.5 Å².